The number of hydrogen-bond acceptors (Lipinski definition) is 3. The molecule has 0 saturated heterocycles. The molecule has 4 nitrogen and oxygen atoms in total. The van der Waals surface area contributed by atoms with E-state index in [1.54, 1.807) is 7.11 Å². The molecule has 120 valence electrons. The molecule has 0 amide bonds. The number of ether oxygens (including phenoxy) is 1. The van der Waals surface area contributed by atoms with Crippen LogP contribution in [0, 0.1) is 0 Å². The van der Waals surface area contributed by atoms with Gasteiger partial charge in [0.05, 0.1) is 12.8 Å². The summed E-state index contributed by atoms with van der Waals surface area (Å²) in [7, 11) is 1.64. The molecule has 4 heteroatoms. The SMILES string of the molecule is COc1cccc(N/C=C2\CCc3c([nH]c4ccccc34)C2=O)c1. The molecule has 0 atom stereocenters. The van der Waals surface area contributed by atoms with Gasteiger partial charge in [0.2, 0.25) is 5.78 Å². The predicted molar refractivity (Wildman–Crippen MR) is 95.6 cm³/mol. The summed E-state index contributed by atoms with van der Waals surface area (Å²) in [6.07, 6.45) is 3.42. The molecular formula is C20H18N2O2. The molecule has 0 fully saturated rings. The molecule has 1 aliphatic rings. The van der Waals surface area contributed by atoms with Crippen molar-refractivity contribution < 1.29 is 9.53 Å². The number of hydrogen-bond donors (Lipinski definition) is 2. The van der Waals surface area contributed by atoms with Gasteiger partial charge in [-0.25, -0.2) is 0 Å². The van der Waals surface area contributed by atoms with Crippen LogP contribution in [0.25, 0.3) is 10.9 Å². The summed E-state index contributed by atoms with van der Waals surface area (Å²) in [5.74, 6) is 0.856. The zero-order chi connectivity index (χ0) is 16.5. The van der Waals surface area contributed by atoms with Crippen LogP contribution < -0.4 is 10.1 Å². The molecular weight excluding hydrogens is 300 g/mol. The summed E-state index contributed by atoms with van der Waals surface area (Å²) in [6, 6.07) is 15.7. The van der Waals surface area contributed by atoms with Gasteiger partial charge in [0.15, 0.2) is 0 Å². The number of methoxy groups -OCH3 is 1. The normalized spacial score (nSPS) is 15.5. The fraction of sp³-hybridized carbons (Fsp3) is 0.150. The Kier molecular flexibility index (Phi) is 3.58. The maximum atomic E-state index is 12.8. The summed E-state index contributed by atoms with van der Waals surface area (Å²) in [5.41, 5.74) is 4.57. The number of ketones is 1. The summed E-state index contributed by atoms with van der Waals surface area (Å²) in [5, 5.41) is 4.36. The Morgan fingerprint density at radius 1 is 1.12 bits per heavy atom. The molecule has 0 radical (unpaired) electrons. The van der Waals surface area contributed by atoms with E-state index in [1.165, 1.54) is 0 Å². The number of aromatic amines is 1. The molecule has 24 heavy (non-hydrogen) atoms. The van der Waals surface area contributed by atoms with E-state index >= 15 is 0 Å². The van der Waals surface area contributed by atoms with E-state index in [4.69, 9.17) is 4.74 Å². The third-order valence-corrected chi connectivity index (χ3v) is 4.46. The van der Waals surface area contributed by atoms with Gasteiger partial charge in [0, 0.05) is 34.4 Å². The third kappa shape index (κ3) is 2.46. The van der Waals surface area contributed by atoms with Crippen molar-refractivity contribution in [2.75, 3.05) is 12.4 Å². The second-order valence-electron chi connectivity index (χ2n) is 5.90. The highest BCUT2D eigenvalue weighted by Gasteiger charge is 2.25. The molecule has 1 aliphatic carbocycles. The number of carbonyl (C=O) groups excluding carboxylic acids is 1. The van der Waals surface area contributed by atoms with E-state index in [0.717, 1.165) is 52.0 Å². The van der Waals surface area contributed by atoms with Crippen LogP contribution in [0.1, 0.15) is 22.5 Å². The lowest BCUT2D eigenvalue weighted by molar-refractivity contribution is 0.102. The number of aromatic nitrogens is 1. The molecule has 1 heterocycles. The number of rotatable bonds is 3. The average molecular weight is 318 g/mol. The molecule has 0 saturated carbocycles. The smallest absolute Gasteiger partial charge is 0.206 e. The van der Waals surface area contributed by atoms with Crippen LogP contribution in [0.15, 0.2) is 60.3 Å². The summed E-state index contributed by atoms with van der Waals surface area (Å²) >= 11 is 0. The van der Waals surface area contributed by atoms with Crippen molar-refractivity contribution in [2.24, 2.45) is 0 Å². The van der Waals surface area contributed by atoms with Gasteiger partial charge in [0.1, 0.15) is 5.75 Å². The van der Waals surface area contributed by atoms with Gasteiger partial charge < -0.3 is 15.0 Å². The molecule has 2 N–H and O–H groups in total. The maximum absolute atomic E-state index is 12.8. The largest absolute Gasteiger partial charge is 0.497 e. The minimum absolute atomic E-state index is 0.0721. The number of para-hydroxylation sites is 1. The number of nitrogens with one attached hydrogen (secondary N) is 2. The van der Waals surface area contributed by atoms with Gasteiger partial charge in [-0.15, -0.1) is 0 Å². The molecule has 1 aromatic heterocycles. The maximum Gasteiger partial charge on any atom is 0.206 e. The lowest BCUT2D eigenvalue weighted by Crippen LogP contribution is -2.14. The quantitative estimate of drug-likeness (QED) is 0.708. The monoisotopic (exact) mass is 318 g/mol. The Morgan fingerprint density at radius 2 is 2.00 bits per heavy atom. The second-order valence-corrected chi connectivity index (χ2v) is 5.90. The van der Waals surface area contributed by atoms with Crippen LogP contribution in [0.2, 0.25) is 0 Å². The van der Waals surface area contributed by atoms with E-state index in [2.05, 4.69) is 16.4 Å². The van der Waals surface area contributed by atoms with E-state index < -0.39 is 0 Å². The third-order valence-electron chi connectivity index (χ3n) is 4.46. The zero-order valence-electron chi connectivity index (χ0n) is 13.4. The Hall–Kier alpha value is -3.01. The number of anilines is 1. The lowest BCUT2D eigenvalue weighted by atomic mass is 9.91. The molecule has 0 spiro atoms. The van der Waals surface area contributed by atoms with E-state index in [-0.39, 0.29) is 5.78 Å². The Balaban J connectivity index is 1.62. The topological polar surface area (TPSA) is 54.1 Å². The zero-order valence-corrected chi connectivity index (χ0v) is 13.4. The minimum Gasteiger partial charge on any atom is -0.497 e. The number of Topliss-reactive ketones (excluding diaryl/α,β-unsaturated/α-hetero) is 1. The fourth-order valence-electron chi connectivity index (χ4n) is 3.21. The van der Waals surface area contributed by atoms with Crippen molar-refractivity contribution in [1.82, 2.24) is 4.98 Å². The highest BCUT2D eigenvalue weighted by atomic mass is 16.5. The van der Waals surface area contributed by atoms with Gasteiger partial charge >= 0.3 is 0 Å². The van der Waals surface area contributed by atoms with Gasteiger partial charge in [-0.1, -0.05) is 24.3 Å². The predicted octanol–water partition coefficient (Wildman–Crippen LogP) is 4.30. The van der Waals surface area contributed by atoms with Crippen LogP contribution in [0.3, 0.4) is 0 Å². The molecule has 0 aliphatic heterocycles. The highest BCUT2D eigenvalue weighted by molar-refractivity contribution is 6.13. The fourth-order valence-corrected chi connectivity index (χ4v) is 3.21. The highest BCUT2D eigenvalue weighted by Crippen LogP contribution is 2.31. The number of carbonyl (C=O) groups is 1. The number of allylic oxidation sites excluding steroid dienone is 1. The van der Waals surface area contributed by atoms with E-state index in [1.807, 2.05) is 48.7 Å². The van der Waals surface area contributed by atoms with Gasteiger partial charge in [-0.05, 0) is 36.6 Å². The lowest BCUT2D eigenvalue weighted by Gasteiger charge is -2.14. The Morgan fingerprint density at radius 3 is 2.88 bits per heavy atom. The van der Waals surface area contributed by atoms with Crippen LogP contribution in [0.5, 0.6) is 5.75 Å². The van der Waals surface area contributed by atoms with Crippen LogP contribution >= 0.6 is 0 Å². The molecule has 0 unspecified atom stereocenters. The number of benzene rings is 2. The van der Waals surface area contributed by atoms with Crippen LogP contribution in [-0.4, -0.2) is 17.9 Å². The van der Waals surface area contributed by atoms with Gasteiger partial charge in [0.25, 0.3) is 0 Å². The summed E-state index contributed by atoms with van der Waals surface area (Å²) < 4.78 is 5.22. The standard InChI is InChI=1S/C20H18N2O2/c1-24-15-6-4-5-14(11-15)21-12-13-9-10-17-16-7-2-3-8-18(16)22-19(17)20(13)23/h2-8,11-12,21-22H,9-10H2,1H3/b13-12+. The van der Waals surface area contributed by atoms with Crippen molar-refractivity contribution in [3.8, 4) is 5.75 Å². The number of H-pyrrole nitrogens is 1. The van der Waals surface area contributed by atoms with Crippen molar-refractivity contribution in [1.29, 1.82) is 0 Å². The summed E-state index contributed by atoms with van der Waals surface area (Å²) in [6.45, 7) is 0. The molecule has 0 bridgehead atoms. The number of fused-ring (bicyclic) bond motifs is 3. The van der Waals surface area contributed by atoms with E-state index in [9.17, 15) is 4.79 Å². The van der Waals surface area contributed by atoms with E-state index in [0.29, 0.717) is 0 Å². The molecule has 4 rings (SSSR count). The second kappa shape index (κ2) is 5.89. The first-order chi connectivity index (χ1) is 11.8. The first-order valence-electron chi connectivity index (χ1n) is 8.00. The first-order valence-corrected chi connectivity index (χ1v) is 8.00. The number of aryl methyl sites for hydroxylation is 1. The summed E-state index contributed by atoms with van der Waals surface area (Å²) in [4.78, 5) is 16.0. The van der Waals surface area contributed by atoms with Crippen LogP contribution in [0.4, 0.5) is 5.69 Å². The van der Waals surface area contributed by atoms with Gasteiger partial charge in [-0.3, -0.25) is 4.79 Å². The average Bonchev–Trinajstić information content (AvgIpc) is 3.01. The van der Waals surface area contributed by atoms with Crippen molar-refractivity contribution in [3.05, 3.63) is 71.6 Å². The molecule has 3 aromatic rings. The van der Waals surface area contributed by atoms with Crippen molar-refractivity contribution >= 4 is 22.4 Å². The van der Waals surface area contributed by atoms with Crippen LogP contribution in [-0.2, 0) is 6.42 Å². The first kappa shape index (κ1) is 14.6. The Bertz CT molecular complexity index is 953. The minimum atomic E-state index is 0.0721. The molecule has 2 aromatic carbocycles. The Labute approximate surface area is 140 Å². The van der Waals surface area contributed by atoms with Crippen molar-refractivity contribution in [3.63, 3.8) is 0 Å². The van der Waals surface area contributed by atoms with Gasteiger partial charge in [-0.2, -0.15) is 0 Å². The van der Waals surface area contributed by atoms with Crippen molar-refractivity contribution in [2.45, 2.75) is 12.8 Å².